The molecule has 1 aromatic heterocycles. The molecule has 0 spiro atoms. The van der Waals surface area contributed by atoms with Crippen molar-refractivity contribution in [3.8, 4) is 0 Å². The van der Waals surface area contributed by atoms with Gasteiger partial charge in [0.1, 0.15) is 0 Å². The van der Waals surface area contributed by atoms with E-state index in [0.717, 1.165) is 36.5 Å². The third-order valence-corrected chi connectivity index (χ3v) is 6.79. The number of likely N-dealkylation sites (N-methyl/N-ethyl adjacent to an activating group) is 1. The number of hydrogen-bond donors (Lipinski definition) is 2. The molecule has 1 aliphatic heterocycles. The van der Waals surface area contributed by atoms with E-state index < -0.39 is 0 Å². The van der Waals surface area contributed by atoms with Crippen molar-refractivity contribution in [2.75, 3.05) is 45.6 Å². The summed E-state index contributed by atoms with van der Waals surface area (Å²) in [5, 5.41) is 6.26. The predicted octanol–water partition coefficient (Wildman–Crippen LogP) is 3.02. The molecule has 2 amide bonds. The number of piperazine rings is 1. The second kappa shape index (κ2) is 10.7. The van der Waals surface area contributed by atoms with Crippen LogP contribution in [0.5, 0.6) is 0 Å². The van der Waals surface area contributed by atoms with E-state index in [1.54, 1.807) is 7.05 Å². The lowest BCUT2D eigenvalue weighted by Gasteiger charge is -2.39. The first-order chi connectivity index (χ1) is 16.0. The molecule has 7 nitrogen and oxygen atoms in total. The van der Waals surface area contributed by atoms with Gasteiger partial charge in [-0.15, -0.1) is 11.3 Å². The van der Waals surface area contributed by atoms with Crippen LogP contribution < -0.4 is 10.6 Å². The average Bonchev–Trinajstić information content (AvgIpc) is 3.26. The second-order valence-electron chi connectivity index (χ2n) is 8.28. The van der Waals surface area contributed by atoms with E-state index in [1.165, 1.54) is 16.9 Å². The molecule has 172 valence electrons. The lowest BCUT2D eigenvalue weighted by Crippen LogP contribution is -2.48. The van der Waals surface area contributed by atoms with Gasteiger partial charge in [0.15, 0.2) is 5.13 Å². The van der Waals surface area contributed by atoms with Crippen molar-refractivity contribution in [3.05, 3.63) is 82.4 Å². The maximum atomic E-state index is 12.7. The topological polar surface area (TPSA) is 77.6 Å². The maximum Gasteiger partial charge on any atom is 0.251 e. The molecule has 0 saturated carbocycles. The van der Waals surface area contributed by atoms with Crippen molar-refractivity contribution in [2.24, 2.45) is 0 Å². The van der Waals surface area contributed by atoms with Crippen LogP contribution in [-0.4, -0.2) is 66.9 Å². The lowest BCUT2D eigenvalue weighted by molar-refractivity contribution is -0.118. The monoisotopic (exact) mass is 463 g/mol. The van der Waals surface area contributed by atoms with Crippen molar-refractivity contribution < 1.29 is 9.59 Å². The quantitative estimate of drug-likeness (QED) is 0.563. The normalized spacial score (nSPS) is 17.0. The van der Waals surface area contributed by atoms with Gasteiger partial charge in [-0.3, -0.25) is 19.4 Å². The minimum Gasteiger partial charge on any atom is -0.355 e. The number of hydrogen-bond acceptors (Lipinski definition) is 6. The molecule has 2 N–H and O–H groups in total. The highest BCUT2D eigenvalue weighted by molar-refractivity contribution is 7.15. The Balaban J connectivity index is 1.34. The molecule has 1 fully saturated rings. The summed E-state index contributed by atoms with van der Waals surface area (Å²) in [4.78, 5) is 34.7. The van der Waals surface area contributed by atoms with Gasteiger partial charge in [-0.05, 0) is 30.3 Å². The van der Waals surface area contributed by atoms with Gasteiger partial charge < -0.3 is 10.6 Å². The first-order valence-corrected chi connectivity index (χ1v) is 11.9. The summed E-state index contributed by atoms with van der Waals surface area (Å²) in [6, 6.07) is 18.1. The Bertz CT molecular complexity index is 1100. The highest BCUT2D eigenvalue weighted by Crippen LogP contribution is 2.25. The highest BCUT2D eigenvalue weighted by atomic mass is 32.1. The lowest BCUT2D eigenvalue weighted by atomic mass is 10.00. The van der Waals surface area contributed by atoms with E-state index in [0.29, 0.717) is 17.2 Å². The highest BCUT2D eigenvalue weighted by Gasteiger charge is 2.27. The Morgan fingerprint density at radius 3 is 2.73 bits per heavy atom. The van der Waals surface area contributed by atoms with Crippen LogP contribution in [0.4, 0.5) is 5.13 Å². The third-order valence-electron chi connectivity index (χ3n) is 5.88. The van der Waals surface area contributed by atoms with Crippen molar-refractivity contribution in [3.63, 3.8) is 0 Å². The van der Waals surface area contributed by atoms with Crippen LogP contribution in [0, 0.1) is 0 Å². The van der Waals surface area contributed by atoms with E-state index in [1.807, 2.05) is 48.7 Å². The molecule has 0 bridgehead atoms. The number of rotatable bonds is 7. The van der Waals surface area contributed by atoms with Crippen LogP contribution >= 0.6 is 11.3 Å². The Hall–Kier alpha value is -3.07. The molecule has 2 heterocycles. The molecule has 1 aliphatic rings. The van der Waals surface area contributed by atoms with E-state index in [4.69, 9.17) is 0 Å². The van der Waals surface area contributed by atoms with E-state index in [-0.39, 0.29) is 17.9 Å². The van der Waals surface area contributed by atoms with Crippen molar-refractivity contribution in [1.29, 1.82) is 0 Å². The summed E-state index contributed by atoms with van der Waals surface area (Å²) in [6.45, 7) is 2.69. The minimum absolute atomic E-state index is 0.0574. The molecule has 4 rings (SSSR count). The fourth-order valence-electron chi connectivity index (χ4n) is 4.07. The Kier molecular flexibility index (Phi) is 7.49. The summed E-state index contributed by atoms with van der Waals surface area (Å²) in [5.74, 6) is -0.153. The molecule has 0 aliphatic carbocycles. The first kappa shape index (κ1) is 23.1. The van der Waals surface area contributed by atoms with Crippen LogP contribution in [0.2, 0.25) is 0 Å². The number of carbonyl (C=O) groups is 2. The molecule has 3 aromatic rings. The molecule has 1 atom stereocenters. The van der Waals surface area contributed by atoms with Crippen molar-refractivity contribution in [1.82, 2.24) is 20.1 Å². The first-order valence-electron chi connectivity index (χ1n) is 11.0. The largest absolute Gasteiger partial charge is 0.355 e. The zero-order valence-corrected chi connectivity index (χ0v) is 19.8. The molecule has 8 heteroatoms. The van der Waals surface area contributed by atoms with Gasteiger partial charge in [-0.25, -0.2) is 4.98 Å². The van der Waals surface area contributed by atoms with Gasteiger partial charge in [0.2, 0.25) is 5.91 Å². The molecule has 0 radical (unpaired) electrons. The molecule has 33 heavy (non-hydrogen) atoms. The van der Waals surface area contributed by atoms with Gasteiger partial charge in [-0.1, -0.05) is 42.5 Å². The van der Waals surface area contributed by atoms with Gasteiger partial charge in [-0.2, -0.15) is 0 Å². The minimum atomic E-state index is -0.0957. The standard InChI is InChI=1S/C25H29N5O2S/c1-26-24(32)20-10-6-9-19(14-20)22-16-30(12-11-29(22)2)17-23(31)28-25-27-15-21(33-25)13-18-7-4-3-5-8-18/h3-10,14-15,22H,11-13,16-17H2,1-2H3,(H,26,32)(H,27,28,31). The fraction of sp³-hybridized carbons (Fsp3) is 0.320. The summed E-state index contributed by atoms with van der Waals surface area (Å²) < 4.78 is 0. The Morgan fingerprint density at radius 1 is 1.12 bits per heavy atom. The smallest absolute Gasteiger partial charge is 0.251 e. The Morgan fingerprint density at radius 2 is 1.94 bits per heavy atom. The van der Waals surface area contributed by atoms with Crippen molar-refractivity contribution in [2.45, 2.75) is 12.5 Å². The number of carbonyl (C=O) groups excluding carboxylic acids is 2. The zero-order chi connectivity index (χ0) is 23.2. The summed E-state index contributed by atoms with van der Waals surface area (Å²) in [5.41, 5.74) is 2.95. The number of nitrogens with zero attached hydrogens (tertiary/aromatic N) is 3. The van der Waals surface area contributed by atoms with Gasteiger partial charge in [0.05, 0.1) is 6.54 Å². The number of aromatic nitrogens is 1. The zero-order valence-electron chi connectivity index (χ0n) is 19.0. The summed E-state index contributed by atoms with van der Waals surface area (Å²) in [6.07, 6.45) is 2.64. The van der Waals surface area contributed by atoms with E-state index >= 15 is 0 Å². The molecular weight excluding hydrogens is 434 g/mol. The third kappa shape index (κ3) is 6.04. The van der Waals surface area contributed by atoms with Gasteiger partial charge in [0.25, 0.3) is 5.91 Å². The molecule has 1 saturated heterocycles. The number of thiazole rings is 1. The molecule has 2 aromatic carbocycles. The molecule has 1 unspecified atom stereocenters. The molecular formula is C25H29N5O2S. The SMILES string of the molecule is CNC(=O)c1cccc(C2CN(CC(=O)Nc3ncc(Cc4ccccc4)s3)CCN2C)c1. The van der Waals surface area contributed by atoms with E-state index in [2.05, 4.69) is 44.6 Å². The summed E-state index contributed by atoms with van der Waals surface area (Å²) in [7, 11) is 3.72. The maximum absolute atomic E-state index is 12.7. The predicted molar refractivity (Wildman–Crippen MR) is 132 cm³/mol. The van der Waals surface area contributed by atoms with Crippen LogP contribution in [-0.2, 0) is 11.2 Å². The summed E-state index contributed by atoms with van der Waals surface area (Å²) >= 11 is 1.51. The number of benzene rings is 2. The number of nitrogens with one attached hydrogen (secondary N) is 2. The van der Waals surface area contributed by atoms with Crippen molar-refractivity contribution >= 4 is 28.3 Å². The van der Waals surface area contributed by atoms with Crippen LogP contribution in [0.3, 0.4) is 0 Å². The average molecular weight is 464 g/mol. The second-order valence-corrected chi connectivity index (χ2v) is 9.39. The fourth-order valence-corrected chi connectivity index (χ4v) is 4.93. The van der Waals surface area contributed by atoms with E-state index in [9.17, 15) is 9.59 Å². The van der Waals surface area contributed by atoms with Crippen LogP contribution in [0.1, 0.15) is 32.4 Å². The van der Waals surface area contributed by atoms with Gasteiger partial charge in [0, 0.05) is 55.8 Å². The van der Waals surface area contributed by atoms with Crippen LogP contribution in [0.25, 0.3) is 0 Å². The number of amides is 2. The Labute approximate surface area is 198 Å². The number of anilines is 1. The van der Waals surface area contributed by atoms with Crippen LogP contribution in [0.15, 0.2) is 60.8 Å². The van der Waals surface area contributed by atoms with Gasteiger partial charge >= 0.3 is 0 Å².